The molecule has 2 aromatic rings. The number of aromatic nitrogens is 4. The summed E-state index contributed by atoms with van der Waals surface area (Å²) in [6.07, 6.45) is 0.975. The highest BCUT2D eigenvalue weighted by atomic mass is 32.1. The Morgan fingerprint density at radius 1 is 1.44 bits per heavy atom. The minimum absolute atomic E-state index is 0.0516. The van der Waals surface area contributed by atoms with Crippen molar-refractivity contribution in [1.29, 1.82) is 0 Å². The van der Waals surface area contributed by atoms with Crippen LogP contribution in [0.25, 0.3) is 0 Å². The second kappa shape index (κ2) is 5.54. The van der Waals surface area contributed by atoms with Gasteiger partial charge in [-0.2, -0.15) is 4.98 Å². The molecule has 2 rings (SSSR count). The van der Waals surface area contributed by atoms with Crippen molar-refractivity contribution in [3.8, 4) is 0 Å². The van der Waals surface area contributed by atoms with Crippen LogP contribution < -0.4 is 10.6 Å². The molecule has 0 saturated carbocycles. The van der Waals surface area contributed by atoms with E-state index in [4.69, 9.17) is 4.52 Å². The number of amides is 1. The van der Waals surface area contributed by atoms with Crippen molar-refractivity contribution < 1.29 is 9.32 Å². The molecule has 0 aliphatic rings. The van der Waals surface area contributed by atoms with E-state index in [9.17, 15) is 4.79 Å². The first kappa shape index (κ1) is 12.4. The summed E-state index contributed by atoms with van der Waals surface area (Å²) in [7, 11) is 0. The highest BCUT2D eigenvalue weighted by Crippen LogP contribution is 2.16. The van der Waals surface area contributed by atoms with Crippen LogP contribution in [0.4, 0.5) is 11.1 Å². The molecule has 1 amide bonds. The van der Waals surface area contributed by atoms with E-state index in [1.54, 1.807) is 6.92 Å². The van der Waals surface area contributed by atoms with Crippen LogP contribution >= 0.6 is 11.3 Å². The number of hydrogen-bond donors (Lipinski definition) is 2. The number of rotatable bonds is 5. The van der Waals surface area contributed by atoms with Crippen LogP contribution in [0.5, 0.6) is 0 Å². The molecule has 2 aromatic heterocycles. The molecule has 18 heavy (non-hydrogen) atoms. The molecular formula is C9H12N6O2S. The van der Waals surface area contributed by atoms with Gasteiger partial charge in [0.05, 0.1) is 0 Å². The second-order valence-corrected chi connectivity index (χ2v) is 4.42. The maximum atomic E-state index is 11.8. The van der Waals surface area contributed by atoms with Gasteiger partial charge >= 0.3 is 6.01 Å². The molecule has 2 N–H and O–H groups in total. The summed E-state index contributed by atoms with van der Waals surface area (Å²) in [5.74, 6) is 0.0357. The van der Waals surface area contributed by atoms with Crippen LogP contribution in [0.15, 0.2) is 4.52 Å². The molecule has 8 nitrogen and oxygen atoms in total. The normalized spacial score (nSPS) is 10.3. The van der Waals surface area contributed by atoms with Crippen molar-refractivity contribution in [2.45, 2.75) is 20.3 Å². The van der Waals surface area contributed by atoms with E-state index < -0.39 is 5.91 Å². The zero-order valence-electron chi connectivity index (χ0n) is 9.93. The fourth-order valence-corrected chi connectivity index (χ4v) is 1.78. The Morgan fingerprint density at radius 2 is 2.28 bits per heavy atom. The van der Waals surface area contributed by atoms with Crippen LogP contribution in [0, 0.1) is 6.92 Å². The molecule has 0 fully saturated rings. The van der Waals surface area contributed by atoms with Gasteiger partial charge in [0.1, 0.15) is 0 Å². The summed E-state index contributed by atoms with van der Waals surface area (Å²) in [5.41, 5.74) is 0. The number of nitrogens with one attached hydrogen (secondary N) is 2. The molecule has 0 aliphatic heterocycles. The first-order valence-corrected chi connectivity index (χ1v) is 6.19. The molecule has 0 unspecified atom stereocenters. The molecule has 0 saturated heterocycles. The van der Waals surface area contributed by atoms with Gasteiger partial charge in [0.25, 0.3) is 5.91 Å². The predicted molar refractivity (Wildman–Crippen MR) is 65.7 cm³/mol. The van der Waals surface area contributed by atoms with Crippen molar-refractivity contribution in [2.75, 3.05) is 17.2 Å². The fourth-order valence-electron chi connectivity index (χ4n) is 1.12. The number of nitrogens with zero attached hydrogens (tertiary/aromatic N) is 4. The van der Waals surface area contributed by atoms with E-state index in [-0.39, 0.29) is 11.0 Å². The molecule has 0 spiro atoms. The standard InChI is InChI=1S/C9H12N6O2S/c1-3-4-10-9-14-13-7(18-9)6(16)12-8-11-5(2)15-17-8/h3-4H2,1-2H3,(H,10,14)(H,11,12,15,16). The molecule has 0 bridgehead atoms. The van der Waals surface area contributed by atoms with Gasteiger partial charge in [0.2, 0.25) is 10.1 Å². The molecule has 96 valence electrons. The van der Waals surface area contributed by atoms with Crippen molar-refractivity contribution in [1.82, 2.24) is 20.3 Å². The van der Waals surface area contributed by atoms with Gasteiger partial charge < -0.3 is 9.84 Å². The Morgan fingerprint density at radius 3 is 2.94 bits per heavy atom. The lowest BCUT2D eigenvalue weighted by Crippen LogP contribution is -2.11. The molecule has 0 aromatic carbocycles. The van der Waals surface area contributed by atoms with Gasteiger partial charge in [-0.05, 0) is 13.3 Å². The van der Waals surface area contributed by atoms with Gasteiger partial charge in [-0.3, -0.25) is 10.1 Å². The summed E-state index contributed by atoms with van der Waals surface area (Å²) in [6.45, 7) is 4.50. The monoisotopic (exact) mass is 268 g/mol. The van der Waals surface area contributed by atoms with Crippen LogP contribution in [0.2, 0.25) is 0 Å². The van der Waals surface area contributed by atoms with Gasteiger partial charge in [0, 0.05) is 6.54 Å². The van der Waals surface area contributed by atoms with E-state index in [0.717, 1.165) is 13.0 Å². The molecule has 0 atom stereocenters. The predicted octanol–water partition coefficient (Wildman–Crippen LogP) is 1.30. The smallest absolute Gasteiger partial charge is 0.328 e. The van der Waals surface area contributed by atoms with Gasteiger partial charge in [-0.1, -0.05) is 23.4 Å². The molecule has 2 heterocycles. The van der Waals surface area contributed by atoms with Crippen molar-refractivity contribution in [3.05, 3.63) is 10.8 Å². The third-order valence-electron chi connectivity index (χ3n) is 1.89. The van der Waals surface area contributed by atoms with E-state index >= 15 is 0 Å². The van der Waals surface area contributed by atoms with Crippen LogP contribution in [0.3, 0.4) is 0 Å². The summed E-state index contributed by atoms with van der Waals surface area (Å²) in [6, 6.07) is 0.0516. The van der Waals surface area contributed by atoms with Gasteiger partial charge in [0.15, 0.2) is 5.82 Å². The van der Waals surface area contributed by atoms with Crippen LogP contribution in [0.1, 0.15) is 29.0 Å². The maximum Gasteiger partial charge on any atom is 0.328 e. The quantitative estimate of drug-likeness (QED) is 0.841. The van der Waals surface area contributed by atoms with Crippen molar-refractivity contribution in [3.63, 3.8) is 0 Å². The van der Waals surface area contributed by atoms with E-state index in [1.807, 2.05) is 6.92 Å². The second-order valence-electron chi connectivity index (χ2n) is 3.44. The van der Waals surface area contributed by atoms with Crippen LogP contribution in [-0.2, 0) is 0 Å². The zero-order chi connectivity index (χ0) is 13.0. The fraction of sp³-hybridized carbons (Fsp3) is 0.444. The van der Waals surface area contributed by atoms with Crippen molar-refractivity contribution in [2.24, 2.45) is 0 Å². The first-order chi connectivity index (χ1) is 8.69. The average Bonchev–Trinajstić information content (AvgIpc) is 2.96. The Labute approximate surface area is 107 Å². The Balaban J connectivity index is 1.98. The summed E-state index contributed by atoms with van der Waals surface area (Å²) >= 11 is 1.17. The summed E-state index contributed by atoms with van der Waals surface area (Å²) in [5, 5.41) is 17.5. The first-order valence-electron chi connectivity index (χ1n) is 5.38. The number of anilines is 2. The Kier molecular flexibility index (Phi) is 3.82. The minimum Gasteiger partial charge on any atom is -0.360 e. The lowest BCUT2D eigenvalue weighted by molar-refractivity contribution is 0.102. The highest BCUT2D eigenvalue weighted by molar-refractivity contribution is 7.17. The lowest BCUT2D eigenvalue weighted by Gasteiger charge is -1.95. The zero-order valence-corrected chi connectivity index (χ0v) is 10.7. The molecule has 9 heteroatoms. The third kappa shape index (κ3) is 3.00. The van der Waals surface area contributed by atoms with Gasteiger partial charge in [-0.15, -0.1) is 10.2 Å². The average molecular weight is 268 g/mol. The SMILES string of the molecule is CCCNc1nnc(C(=O)Nc2nc(C)no2)s1. The molecule has 0 aliphatic carbocycles. The maximum absolute atomic E-state index is 11.8. The summed E-state index contributed by atoms with van der Waals surface area (Å²) < 4.78 is 4.78. The minimum atomic E-state index is -0.416. The lowest BCUT2D eigenvalue weighted by atomic mass is 10.5. The molecule has 0 radical (unpaired) electrons. The van der Waals surface area contributed by atoms with E-state index in [0.29, 0.717) is 11.0 Å². The third-order valence-corrected chi connectivity index (χ3v) is 2.77. The Hall–Kier alpha value is -2.03. The van der Waals surface area contributed by atoms with E-state index in [2.05, 4.69) is 31.0 Å². The van der Waals surface area contributed by atoms with Crippen molar-refractivity contribution >= 4 is 28.4 Å². The number of hydrogen-bond acceptors (Lipinski definition) is 8. The number of aryl methyl sites for hydroxylation is 1. The Bertz CT molecular complexity index is 537. The van der Waals surface area contributed by atoms with Crippen LogP contribution in [-0.4, -0.2) is 32.8 Å². The number of carbonyl (C=O) groups is 1. The summed E-state index contributed by atoms with van der Waals surface area (Å²) in [4.78, 5) is 15.6. The highest BCUT2D eigenvalue weighted by Gasteiger charge is 2.15. The topological polar surface area (TPSA) is 106 Å². The molecular weight excluding hydrogens is 256 g/mol. The van der Waals surface area contributed by atoms with Gasteiger partial charge in [-0.25, -0.2) is 0 Å². The number of carbonyl (C=O) groups excluding carboxylic acids is 1. The van der Waals surface area contributed by atoms with E-state index in [1.165, 1.54) is 11.3 Å². The largest absolute Gasteiger partial charge is 0.360 e.